The van der Waals surface area contributed by atoms with Crippen molar-refractivity contribution in [3.63, 3.8) is 0 Å². The first-order chi connectivity index (χ1) is 8.60. The summed E-state index contributed by atoms with van der Waals surface area (Å²) in [6, 6.07) is 10.3. The van der Waals surface area contributed by atoms with Crippen LogP contribution in [0.3, 0.4) is 0 Å². The lowest BCUT2D eigenvalue weighted by Gasteiger charge is -2.27. The Morgan fingerprint density at radius 2 is 1.94 bits per heavy atom. The predicted molar refractivity (Wildman–Crippen MR) is 73.6 cm³/mol. The Morgan fingerprint density at radius 3 is 2.44 bits per heavy atom. The van der Waals surface area contributed by atoms with Crippen molar-refractivity contribution < 1.29 is 9.53 Å². The lowest BCUT2D eigenvalue weighted by molar-refractivity contribution is -0.143. The number of hydrogen-bond acceptors (Lipinski definition) is 3. The summed E-state index contributed by atoms with van der Waals surface area (Å²) < 4.78 is 4.92. The Labute approximate surface area is 110 Å². The van der Waals surface area contributed by atoms with Crippen LogP contribution in [0.2, 0.25) is 0 Å². The highest BCUT2D eigenvalue weighted by Crippen LogP contribution is 2.19. The molecule has 3 nitrogen and oxygen atoms in total. The van der Waals surface area contributed by atoms with Gasteiger partial charge in [0.2, 0.25) is 0 Å². The lowest BCUT2D eigenvalue weighted by Crippen LogP contribution is -2.35. The largest absolute Gasteiger partial charge is 0.469 e. The van der Waals surface area contributed by atoms with Gasteiger partial charge in [-0.05, 0) is 26.0 Å². The van der Waals surface area contributed by atoms with Crippen LogP contribution in [0.1, 0.15) is 31.7 Å². The van der Waals surface area contributed by atoms with Crippen LogP contribution in [0, 0.1) is 0 Å². The third-order valence-electron chi connectivity index (χ3n) is 3.50. The molecule has 0 aliphatic rings. The fourth-order valence-corrected chi connectivity index (χ4v) is 1.92. The molecule has 3 heteroatoms. The van der Waals surface area contributed by atoms with Crippen LogP contribution in [0.15, 0.2) is 30.3 Å². The van der Waals surface area contributed by atoms with Gasteiger partial charge in [-0.25, -0.2) is 0 Å². The van der Waals surface area contributed by atoms with Gasteiger partial charge < -0.3 is 9.64 Å². The molecular formula is C15H23NO2. The van der Waals surface area contributed by atoms with Crippen LogP contribution in [0.4, 0.5) is 0 Å². The highest BCUT2D eigenvalue weighted by atomic mass is 16.5. The van der Waals surface area contributed by atoms with Crippen LogP contribution in [-0.2, 0) is 9.53 Å². The standard InChI is InChI=1S/C15H23NO2/c1-5-12(2)16(3)11-14(15(17)18-4)13-9-7-6-8-10-13/h6-10,12,14H,5,11H2,1-4H3. The van der Waals surface area contributed by atoms with Gasteiger partial charge >= 0.3 is 5.97 Å². The number of nitrogens with zero attached hydrogens (tertiary/aromatic N) is 1. The van der Waals surface area contributed by atoms with Crippen molar-refractivity contribution in [1.29, 1.82) is 0 Å². The molecule has 0 fully saturated rings. The van der Waals surface area contributed by atoms with Crippen molar-refractivity contribution in [2.24, 2.45) is 0 Å². The van der Waals surface area contributed by atoms with Crippen molar-refractivity contribution in [3.8, 4) is 0 Å². The van der Waals surface area contributed by atoms with Crippen molar-refractivity contribution in [3.05, 3.63) is 35.9 Å². The molecule has 0 heterocycles. The number of esters is 1. The topological polar surface area (TPSA) is 29.5 Å². The Kier molecular flexibility index (Phi) is 5.86. The molecule has 0 bridgehead atoms. The molecule has 100 valence electrons. The van der Waals surface area contributed by atoms with Crippen LogP contribution in [0.25, 0.3) is 0 Å². The molecule has 0 radical (unpaired) electrons. The quantitative estimate of drug-likeness (QED) is 0.726. The van der Waals surface area contributed by atoms with Gasteiger partial charge in [0.15, 0.2) is 0 Å². The minimum absolute atomic E-state index is 0.170. The van der Waals surface area contributed by atoms with E-state index in [1.165, 1.54) is 7.11 Å². The number of carbonyl (C=O) groups is 1. The van der Waals surface area contributed by atoms with E-state index in [-0.39, 0.29) is 11.9 Å². The van der Waals surface area contributed by atoms with E-state index in [1.54, 1.807) is 0 Å². The zero-order valence-electron chi connectivity index (χ0n) is 11.7. The molecule has 0 aliphatic carbocycles. The summed E-state index contributed by atoms with van der Waals surface area (Å²) in [6.45, 7) is 5.00. The van der Waals surface area contributed by atoms with E-state index in [2.05, 4.69) is 18.7 Å². The molecule has 0 aromatic heterocycles. The minimum Gasteiger partial charge on any atom is -0.469 e. The first-order valence-electron chi connectivity index (χ1n) is 6.43. The molecule has 2 atom stereocenters. The average molecular weight is 249 g/mol. The molecule has 0 saturated carbocycles. The van der Waals surface area contributed by atoms with Crippen LogP contribution in [-0.4, -0.2) is 37.6 Å². The maximum Gasteiger partial charge on any atom is 0.314 e. The van der Waals surface area contributed by atoms with Crippen LogP contribution >= 0.6 is 0 Å². The minimum atomic E-state index is -0.213. The van der Waals surface area contributed by atoms with Crippen molar-refractivity contribution in [1.82, 2.24) is 4.90 Å². The Hall–Kier alpha value is -1.35. The first-order valence-corrected chi connectivity index (χ1v) is 6.43. The fraction of sp³-hybridized carbons (Fsp3) is 0.533. The number of likely N-dealkylation sites (N-methyl/N-ethyl adjacent to an activating group) is 1. The van der Waals surface area contributed by atoms with Gasteiger partial charge in [0.05, 0.1) is 13.0 Å². The lowest BCUT2D eigenvalue weighted by atomic mass is 9.98. The summed E-state index contributed by atoms with van der Waals surface area (Å²) >= 11 is 0. The van der Waals surface area contributed by atoms with E-state index < -0.39 is 0 Å². The maximum absolute atomic E-state index is 11.9. The number of rotatable bonds is 6. The van der Waals surface area contributed by atoms with Gasteiger partial charge in [-0.1, -0.05) is 37.3 Å². The monoisotopic (exact) mass is 249 g/mol. The highest BCUT2D eigenvalue weighted by Gasteiger charge is 2.24. The molecule has 0 saturated heterocycles. The third-order valence-corrected chi connectivity index (χ3v) is 3.50. The smallest absolute Gasteiger partial charge is 0.314 e. The molecule has 2 unspecified atom stereocenters. The summed E-state index contributed by atoms with van der Waals surface area (Å²) in [7, 11) is 3.49. The van der Waals surface area contributed by atoms with E-state index in [1.807, 2.05) is 37.4 Å². The van der Waals surface area contributed by atoms with Gasteiger partial charge in [-0.15, -0.1) is 0 Å². The van der Waals surface area contributed by atoms with E-state index in [9.17, 15) is 4.79 Å². The zero-order chi connectivity index (χ0) is 13.5. The first kappa shape index (κ1) is 14.7. The molecule has 0 amide bonds. The average Bonchev–Trinajstić information content (AvgIpc) is 2.43. The Morgan fingerprint density at radius 1 is 1.33 bits per heavy atom. The number of carbonyl (C=O) groups excluding carboxylic acids is 1. The molecule has 18 heavy (non-hydrogen) atoms. The zero-order valence-corrected chi connectivity index (χ0v) is 11.7. The van der Waals surface area contributed by atoms with E-state index in [4.69, 9.17) is 4.74 Å². The summed E-state index contributed by atoms with van der Waals surface area (Å²) in [5.74, 6) is -0.383. The molecular weight excluding hydrogens is 226 g/mol. The van der Waals surface area contributed by atoms with E-state index >= 15 is 0 Å². The molecule has 0 N–H and O–H groups in total. The number of hydrogen-bond donors (Lipinski definition) is 0. The molecule has 1 aromatic rings. The highest BCUT2D eigenvalue weighted by molar-refractivity contribution is 5.78. The van der Waals surface area contributed by atoms with Crippen LogP contribution < -0.4 is 0 Å². The van der Waals surface area contributed by atoms with Gasteiger partial charge in [0.25, 0.3) is 0 Å². The van der Waals surface area contributed by atoms with Crippen LogP contribution in [0.5, 0.6) is 0 Å². The molecule has 1 rings (SSSR count). The van der Waals surface area contributed by atoms with Crippen molar-refractivity contribution in [2.45, 2.75) is 32.2 Å². The fourth-order valence-electron chi connectivity index (χ4n) is 1.92. The number of benzene rings is 1. The Bertz CT molecular complexity index is 364. The van der Waals surface area contributed by atoms with Gasteiger partial charge in [-0.2, -0.15) is 0 Å². The SMILES string of the molecule is CCC(C)N(C)CC(C(=O)OC)c1ccccc1. The molecule has 1 aromatic carbocycles. The molecule has 0 spiro atoms. The van der Waals surface area contributed by atoms with E-state index in [0.29, 0.717) is 12.6 Å². The second-order valence-corrected chi connectivity index (χ2v) is 4.68. The third kappa shape index (κ3) is 3.84. The summed E-state index contributed by atoms with van der Waals surface area (Å²) in [6.07, 6.45) is 1.07. The summed E-state index contributed by atoms with van der Waals surface area (Å²) in [5.41, 5.74) is 1.01. The van der Waals surface area contributed by atoms with Gasteiger partial charge in [-0.3, -0.25) is 4.79 Å². The number of methoxy groups -OCH3 is 1. The number of ether oxygens (including phenoxy) is 1. The van der Waals surface area contributed by atoms with Gasteiger partial charge in [0, 0.05) is 12.6 Å². The van der Waals surface area contributed by atoms with Crippen molar-refractivity contribution >= 4 is 5.97 Å². The predicted octanol–water partition coefficient (Wildman–Crippen LogP) is 2.67. The second kappa shape index (κ2) is 7.17. The maximum atomic E-state index is 11.9. The van der Waals surface area contributed by atoms with E-state index in [0.717, 1.165) is 12.0 Å². The molecule has 0 aliphatic heterocycles. The van der Waals surface area contributed by atoms with Gasteiger partial charge in [0.1, 0.15) is 0 Å². The summed E-state index contributed by atoms with van der Waals surface area (Å²) in [4.78, 5) is 14.1. The normalized spacial score (nSPS) is 14.3. The Balaban J connectivity index is 2.84. The second-order valence-electron chi connectivity index (χ2n) is 4.68. The summed E-state index contributed by atoms with van der Waals surface area (Å²) in [5, 5.41) is 0. The van der Waals surface area contributed by atoms with Crippen molar-refractivity contribution in [2.75, 3.05) is 20.7 Å².